The van der Waals surface area contributed by atoms with E-state index in [1.165, 1.54) is 6.92 Å². The first kappa shape index (κ1) is 13.0. The Morgan fingerprint density at radius 3 is 2.21 bits per heavy atom. The third-order valence-electron chi connectivity index (χ3n) is 1.80. The fourth-order valence-electron chi connectivity index (χ4n) is 1.05. The van der Waals surface area contributed by atoms with E-state index in [4.69, 9.17) is 10.2 Å². The maximum absolute atomic E-state index is 11.3. The van der Waals surface area contributed by atoms with Crippen LogP contribution >= 0.6 is 7.80 Å². The van der Waals surface area contributed by atoms with Crippen molar-refractivity contribution < 1.29 is 24.4 Å². The molecule has 14 heavy (non-hydrogen) atoms. The number of carbonyl (C=O) groups excluding carboxylic acids is 1. The first-order chi connectivity index (χ1) is 6.40. The first-order valence-electron chi connectivity index (χ1n) is 3.98. The second-order valence-electron chi connectivity index (χ2n) is 2.72. The molecule has 80 valence electrons. The Morgan fingerprint density at radius 2 is 2.00 bits per heavy atom. The second-order valence-corrected chi connectivity index (χ2v) is 4.52. The SMILES string of the molecule is CC[C@](NC(C)=O)(C(=O)O)[P+](=O)CO. The molecule has 6 nitrogen and oxygen atoms in total. The number of nitrogens with one attached hydrogen (secondary N) is 1. The number of amides is 1. The van der Waals surface area contributed by atoms with Gasteiger partial charge in [-0.3, -0.25) is 4.79 Å². The minimum atomic E-state index is -2.42. The number of aliphatic hydroxyl groups excluding tert-OH is 1. The monoisotopic (exact) mass is 222 g/mol. The van der Waals surface area contributed by atoms with Gasteiger partial charge in [0.15, 0.2) is 0 Å². The summed E-state index contributed by atoms with van der Waals surface area (Å²) in [6.07, 6.45) is -0.812. The zero-order chi connectivity index (χ0) is 11.4. The Bertz CT molecular complexity index is 267. The van der Waals surface area contributed by atoms with Crippen molar-refractivity contribution in [2.75, 3.05) is 6.35 Å². The average molecular weight is 222 g/mol. The lowest BCUT2D eigenvalue weighted by Crippen LogP contribution is -2.51. The Labute approximate surface area is 82.1 Å². The van der Waals surface area contributed by atoms with Crippen LogP contribution in [0.25, 0.3) is 0 Å². The number of carbonyl (C=O) groups is 2. The Hall–Kier alpha value is -1.00. The predicted octanol–water partition coefficient (Wildman–Crippen LogP) is 0.0906. The molecule has 1 amide bonds. The molecule has 7 heteroatoms. The number of aliphatic carboxylic acids is 1. The smallest absolute Gasteiger partial charge is 0.406 e. The van der Waals surface area contributed by atoms with Crippen molar-refractivity contribution in [3.05, 3.63) is 0 Å². The minimum Gasteiger partial charge on any atom is -0.476 e. The molecule has 0 rings (SSSR count). The standard InChI is InChI=1S/C7H12NO5P/c1-3-7(6(11)12,8-5(2)10)14(13)4-9/h9H,3-4H2,1-2H3,(H-,8,10,11,12)/p+1/t7-/m1/s1. The van der Waals surface area contributed by atoms with Crippen LogP contribution in [0.4, 0.5) is 0 Å². The summed E-state index contributed by atoms with van der Waals surface area (Å²) in [5, 5.41) is 17.8. The van der Waals surface area contributed by atoms with E-state index in [0.717, 1.165) is 6.92 Å². The van der Waals surface area contributed by atoms with Gasteiger partial charge in [0.1, 0.15) is 0 Å². The maximum Gasteiger partial charge on any atom is 0.406 e. The summed E-state index contributed by atoms with van der Waals surface area (Å²) in [6, 6.07) is 0. The molecule has 0 saturated heterocycles. The molecule has 0 aliphatic heterocycles. The lowest BCUT2D eigenvalue weighted by molar-refractivity contribution is -0.143. The zero-order valence-corrected chi connectivity index (χ0v) is 8.88. The van der Waals surface area contributed by atoms with Crippen molar-refractivity contribution in [2.45, 2.75) is 25.5 Å². The predicted molar refractivity (Wildman–Crippen MR) is 49.2 cm³/mol. The third-order valence-corrected chi connectivity index (χ3v) is 3.53. The van der Waals surface area contributed by atoms with E-state index in [1.54, 1.807) is 0 Å². The van der Waals surface area contributed by atoms with Crippen LogP contribution in [0.1, 0.15) is 20.3 Å². The van der Waals surface area contributed by atoms with Crippen molar-refractivity contribution in [3.8, 4) is 0 Å². The highest BCUT2D eigenvalue weighted by Crippen LogP contribution is 2.38. The van der Waals surface area contributed by atoms with Gasteiger partial charge in [-0.25, -0.2) is 4.79 Å². The van der Waals surface area contributed by atoms with E-state index >= 15 is 0 Å². The Kier molecular flexibility index (Phi) is 4.67. The largest absolute Gasteiger partial charge is 0.476 e. The maximum atomic E-state index is 11.3. The van der Waals surface area contributed by atoms with E-state index in [1.807, 2.05) is 0 Å². The first-order valence-corrected chi connectivity index (χ1v) is 5.43. The van der Waals surface area contributed by atoms with E-state index in [0.29, 0.717) is 0 Å². The number of rotatable bonds is 5. The summed E-state index contributed by atoms with van der Waals surface area (Å²) in [5.41, 5.74) is 0. The van der Waals surface area contributed by atoms with Crippen LogP contribution in [0, 0.1) is 0 Å². The fraction of sp³-hybridized carbons (Fsp3) is 0.714. The van der Waals surface area contributed by atoms with Gasteiger partial charge in [0.25, 0.3) is 0 Å². The van der Waals surface area contributed by atoms with Gasteiger partial charge in [0, 0.05) is 13.3 Å². The molecule has 0 radical (unpaired) electrons. The van der Waals surface area contributed by atoms with Gasteiger partial charge in [0.05, 0.1) is 0 Å². The molecule has 0 aliphatic rings. The van der Waals surface area contributed by atoms with Crippen LogP contribution in [0.5, 0.6) is 0 Å². The molecular weight excluding hydrogens is 209 g/mol. The van der Waals surface area contributed by atoms with E-state index < -0.39 is 31.3 Å². The highest BCUT2D eigenvalue weighted by atomic mass is 31.1. The molecule has 0 heterocycles. The number of hydrogen-bond acceptors (Lipinski definition) is 4. The number of carboxylic acid groups (broad SMARTS) is 1. The quantitative estimate of drug-likeness (QED) is 0.572. The molecule has 0 saturated carbocycles. The highest BCUT2D eigenvalue weighted by Gasteiger charge is 2.55. The van der Waals surface area contributed by atoms with Gasteiger partial charge in [-0.15, -0.1) is 0 Å². The van der Waals surface area contributed by atoms with Crippen LogP contribution in [0.2, 0.25) is 0 Å². The van der Waals surface area contributed by atoms with Crippen LogP contribution < -0.4 is 5.32 Å². The summed E-state index contributed by atoms with van der Waals surface area (Å²) >= 11 is 0. The Morgan fingerprint density at radius 1 is 1.50 bits per heavy atom. The summed E-state index contributed by atoms with van der Waals surface area (Å²) in [7, 11) is -2.42. The molecule has 2 atom stereocenters. The van der Waals surface area contributed by atoms with Crippen LogP contribution in [0.15, 0.2) is 0 Å². The molecule has 0 fully saturated rings. The van der Waals surface area contributed by atoms with E-state index in [2.05, 4.69) is 5.32 Å². The molecule has 0 aromatic carbocycles. The van der Waals surface area contributed by atoms with E-state index in [9.17, 15) is 14.2 Å². The normalized spacial score (nSPS) is 15.5. The molecule has 0 bridgehead atoms. The topological polar surface area (TPSA) is 104 Å². The molecule has 0 aliphatic carbocycles. The van der Waals surface area contributed by atoms with Gasteiger partial charge >= 0.3 is 19.1 Å². The molecule has 1 unspecified atom stereocenters. The lowest BCUT2D eigenvalue weighted by Gasteiger charge is -2.17. The molecule has 0 aromatic heterocycles. The summed E-state index contributed by atoms with van der Waals surface area (Å²) in [5.74, 6) is -1.99. The van der Waals surface area contributed by atoms with Crippen LogP contribution in [-0.2, 0) is 14.2 Å². The fourth-order valence-corrected chi connectivity index (χ4v) is 2.14. The molecular formula is C7H13NO5P+. The highest BCUT2D eigenvalue weighted by molar-refractivity contribution is 7.47. The van der Waals surface area contributed by atoms with Crippen LogP contribution in [-0.4, -0.2) is 33.7 Å². The minimum absolute atomic E-state index is 0.0440. The second kappa shape index (κ2) is 5.02. The van der Waals surface area contributed by atoms with E-state index in [-0.39, 0.29) is 6.42 Å². The summed E-state index contributed by atoms with van der Waals surface area (Å²) < 4.78 is 11.3. The number of aliphatic hydroxyl groups is 1. The molecule has 3 N–H and O–H groups in total. The zero-order valence-electron chi connectivity index (χ0n) is 7.98. The number of carboxylic acids is 1. The molecule has 0 spiro atoms. The van der Waals surface area contributed by atoms with Gasteiger partial charge in [-0.05, 0) is 0 Å². The van der Waals surface area contributed by atoms with Gasteiger partial charge in [-0.2, -0.15) is 0 Å². The lowest BCUT2D eigenvalue weighted by atomic mass is 10.2. The van der Waals surface area contributed by atoms with Crippen molar-refractivity contribution in [1.29, 1.82) is 0 Å². The van der Waals surface area contributed by atoms with Crippen molar-refractivity contribution in [3.63, 3.8) is 0 Å². The Balaban J connectivity index is 5.08. The van der Waals surface area contributed by atoms with Crippen molar-refractivity contribution >= 4 is 19.7 Å². The molecule has 0 aromatic rings. The summed E-state index contributed by atoms with van der Waals surface area (Å²) in [6.45, 7) is 2.61. The van der Waals surface area contributed by atoms with Gasteiger partial charge in [0.2, 0.25) is 12.3 Å². The van der Waals surface area contributed by atoms with Gasteiger partial charge in [-0.1, -0.05) is 11.5 Å². The third kappa shape index (κ3) is 2.49. The number of hydrogen-bond donors (Lipinski definition) is 3. The van der Waals surface area contributed by atoms with Crippen molar-refractivity contribution in [2.24, 2.45) is 0 Å². The summed E-state index contributed by atoms with van der Waals surface area (Å²) in [4.78, 5) is 21.6. The van der Waals surface area contributed by atoms with Gasteiger partial charge < -0.3 is 15.5 Å². The van der Waals surface area contributed by atoms with Crippen LogP contribution in [0.3, 0.4) is 0 Å². The van der Waals surface area contributed by atoms with Crippen molar-refractivity contribution in [1.82, 2.24) is 5.32 Å². The average Bonchev–Trinajstić information content (AvgIpc) is 2.12.